The molecule has 1 aromatic carbocycles. The Bertz CT molecular complexity index is 455. The Balaban J connectivity index is 2.51. The quantitative estimate of drug-likeness (QED) is 0.861. The van der Waals surface area contributed by atoms with E-state index in [0.29, 0.717) is 24.3 Å². The summed E-state index contributed by atoms with van der Waals surface area (Å²) in [7, 11) is 0. The molecule has 0 bridgehead atoms. The number of ether oxygens (including phenoxy) is 1. The van der Waals surface area contributed by atoms with E-state index >= 15 is 0 Å². The predicted octanol–water partition coefficient (Wildman–Crippen LogP) is 2.01. The second-order valence-corrected chi connectivity index (χ2v) is 5.08. The van der Waals surface area contributed by atoms with Crippen molar-refractivity contribution in [1.29, 1.82) is 0 Å². The minimum absolute atomic E-state index is 0.154. The Morgan fingerprint density at radius 1 is 1.39 bits per heavy atom. The van der Waals surface area contributed by atoms with Gasteiger partial charge in [-0.1, -0.05) is 32.0 Å². The van der Waals surface area contributed by atoms with Crippen molar-refractivity contribution in [2.45, 2.75) is 25.9 Å². The molecular formula is C14H18O4. The van der Waals surface area contributed by atoms with Crippen LogP contribution in [0.2, 0.25) is 0 Å². The first-order chi connectivity index (χ1) is 8.47. The SMILES string of the molecule is CC(C)C(C(=O)O)C1(O)CCOc2ccccc21. The van der Waals surface area contributed by atoms with Gasteiger partial charge in [-0.2, -0.15) is 0 Å². The molecular weight excluding hydrogens is 232 g/mol. The molecule has 0 aromatic heterocycles. The van der Waals surface area contributed by atoms with Crippen molar-refractivity contribution in [3.63, 3.8) is 0 Å². The lowest BCUT2D eigenvalue weighted by molar-refractivity contribution is -0.159. The lowest BCUT2D eigenvalue weighted by atomic mass is 9.72. The van der Waals surface area contributed by atoms with Crippen LogP contribution in [0.1, 0.15) is 25.8 Å². The minimum Gasteiger partial charge on any atom is -0.493 e. The van der Waals surface area contributed by atoms with E-state index in [9.17, 15) is 15.0 Å². The largest absolute Gasteiger partial charge is 0.493 e. The van der Waals surface area contributed by atoms with Crippen LogP contribution in [0.5, 0.6) is 5.75 Å². The Morgan fingerprint density at radius 2 is 2.06 bits per heavy atom. The Kier molecular flexibility index (Phi) is 3.30. The highest BCUT2D eigenvalue weighted by molar-refractivity contribution is 5.73. The first-order valence-corrected chi connectivity index (χ1v) is 6.14. The number of hydrogen-bond acceptors (Lipinski definition) is 3. The second-order valence-electron chi connectivity index (χ2n) is 5.08. The van der Waals surface area contributed by atoms with Crippen LogP contribution in [0.25, 0.3) is 0 Å². The van der Waals surface area contributed by atoms with Crippen molar-refractivity contribution < 1.29 is 19.7 Å². The van der Waals surface area contributed by atoms with Gasteiger partial charge in [-0.15, -0.1) is 0 Å². The van der Waals surface area contributed by atoms with E-state index in [1.165, 1.54) is 0 Å². The third-order valence-corrected chi connectivity index (χ3v) is 3.54. The maximum Gasteiger partial charge on any atom is 0.310 e. The summed E-state index contributed by atoms with van der Waals surface area (Å²) in [4.78, 5) is 11.5. The summed E-state index contributed by atoms with van der Waals surface area (Å²) in [5, 5.41) is 20.2. The number of aliphatic carboxylic acids is 1. The number of carboxylic acids is 1. The first-order valence-electron chi connectivity index (χ1n) is 6.14. The van der Waals surface area contributed by atoms with Gasteiger partial charge in [-0.3, -0.25) is 4.79 Å². The Labute approximate surface area is 106 Å². The zero-order chi connectivity index (χ0) is 13.3. The van der Waals surface area contributed by atoms with Crippen LogP contribution in [0.4, 0.5) is 0 Å². The van der Waals surface area contributed by atoms with E-state index in [2.05, 4.69) is 0 Å². The number of carbonyl (C=O) groups is 1. The summed E-state index contributed by atoms with van der Waals surface area (Å²) in [5.41, 5.74) is -0.771. The first kappa shape index (κ1) is 12.9. The highest BCUT2D eigenvalue weighted by atomic mass is 16.5. The molecule has 0 saturated heterocycles. The molecule has 1 aliphatic heterocycles. The van der Waals surface area contributed by atoms with Gasteiger partial charge in [0.2, 0.25) is 0 Å². The molecule has 18 heavy (non-hydrogen) atoms. The standard InChI is InChI=1S/C14H18O4/c1-9(2)12(13(15)16)14(17)7-8-18-11-6-4-3-5-10(11)14/h3-6,9,12,17H,7-8H2,1-2H3,(H,15,16). The fraction of sp³-hybridized carbons (Fsp3) is 0.500. The fourth-order valence-electron chi connectivity index (χ4n) is 2.77. The van der Waals surface area contributed by atoms with Gasteiger partial charge in [0, 0.05) is 12.0 Å². The molecule has 0 radical (unpaired) electrons. The van der Waals surface area contributed by atoms with Crippen LogP contribution >= 0.6 is 0 Å². The number of para-hydroxylation sites is 1. The van der Waals surface area contributed by atoms with Gasteiger partial charge in [0.1, 0.15) is 11.4 Å². The van der Waals surface area contributed by atoms with E-state index in [-0.39, 0.29) is 5.92 Å². The van der Waals surface area contributed by atoms with Gasteiger partial charge in [0.25, 0.3) is 0 Å². The third kappa shape index (κ3) is 1.97. The fourth-order valence-corrected chi connectivity index (χ4v) is 2.77. The summed E-state index contributed by atoms with van der Waals surface area (Å²) in [5.74, 6) is -1.37. The average Bonchev–Trinajstić information content (AvgIpc) is 2.28. The molecule has 2 atom stereocenters. The van der Waals surface area contributed by atoms with E-state index in [1.54, 1.807) is 18.2 Å². The molecule has 1 heterocycles. The van der Waals surface area contributed by atoms with E-state index < -0.39 is 17.5 Å². The maximum atomic E-state index is 11.5. The molecule has 0 aliphatic carbocycles. The maximum absolute atomic E-state index is 11.5. The number of benzene rings is 1. The number of aliphatic hydroxyl groups is 1. The summed E-state index contributed by atoms with van der Waals surface area (Å²) in [6.45, 7) is 3.97. The highest BCUT2D eigenvalue weighted by Crippen LogP contribution is 2.44. The molecule has 4 nitrogen and oxygen atoms in total. The summed E-state index contributed by atoms with van der Waals surface area (Å²) >= 11 is 0. The second kappa shape index (κ2) is 4.61. The van der Waals surface area contributed by atoms with Gasteiger partial charge in [-0.25, -0.2) is 0 Å². The average molecular weight is 250 g/mol. The highest BCUT2D eigenvalue weighted by Gasteiger charge is 2.47. The van der Waals surface area contributed by atoms with Crippen LogP contribution < -0.4 is 4.74 Å². The Hall–Kier alpha value is -1.55. The molecule has 98 valence electrons. The van der Waals surface area contributed by atoms with Crippen molar-refractivity contribution in [2.24, 2.45) is 11.8 Å². The van der Waals surface area contributed by atoms with Crippen LogP contribution in [-0.2, 0) is 10.4 Å². The van der Waals surface area contributed by atoms with Crippen molar-refractivity contribution in [3.8, 4) is 5.75 Å². The summed E-state index contributed by atoms with van der Waals surface area (Å²) < 4.78 is 5.48. The number of carboxylic acid groups (broad SMARTS) is 1. The summed E-state index contributed by atoms with van der Waals surface area (Å²) in [6, 6.07) is 7.11. The lowest BCUT2D eigenvalue weighted by Gasteiger charge is -2.40. The Morgan fingerprint density at radius 3 is 2.67 bits per heavy atom. The van der Waals surface area contributed by atoms with Gasteiger partial charge in [0.05, 0.1) is 12.5 Å². The zero-order valence-corrected chi connectivity index (χ0v) is 10.6. The topological polar surface area (TPSA) is 66.8 Å². The molecule has 1 aromatic rings. The van der Waals surface area contributed by atoms with Crippen molar-refractivity contribution >= 4 is 5.97 Å². The van der Waals surface area contributed by atoms with Crippen LogP contribution in [0, 0.1) is 11.8 Å². The third-order valence-electron chi connectivity index (χ3n) is 3.54. The normalized spacial score (nSPS) is 24.2. The molecule has 1 aliphatic rings. The van der Waals surface area contributed by atoms with Crippen LogP contribution in [0.15, 0.2) is 24.3 Å². The minimum atomic E-state index is -1.35. The lowest BCUT2D eigenvalue weighted by Crippen LogP contribution is -2.46. The van der Waals surface area contributed by atoms with Gasteiger partial charge >= 0.3 is 5.97 Å². The van der Waals surface area contributed by atoms with Gasteiger partial charge in [-0.05, 0) is 12.0 Å². The number of fused-ring (bicyclic) bond motifs is 1. The van der Waals surface area contributed by atoms with Gasteiger partial charge < -0.3 is 14.9 Å². The molecule has 0 amide bonds. The molecule has 0 spiro atoms. The molecule has 2 rings (SSSR count). The molecule has 4 heteroatoms. The van der Waals surface area contributed by atoms with E-state index in [1.807, 2.05) is 19.9 Å². The predicted molar refractivity (Wildman–Crippen MR) is 66.4 cm³/mol. The van der Waals surface area contributed by atoms with Crippen LogP contribution in [0.3, 0.4) is 0 Å². The molecule has 2 unspecified atom stereocenters. The van der Waals surface area contributed by atoms with Gasteiger partial charge in [0.15, 0.2) is 0 Å². The monoisotopic (exact) mass is 250 g/mol. The molecule has 0 saturated carbocycles. The summed E-state index contributed by atoms with van der Waals surface area (Å²) in [6.07, 6.45) is 0.305. The number of hydrogen-bond donors (Lipinski definition) is 2. The smallest absolute Gasteiger partial charge is 0.310 e. The van der Waals surface area contributed by atoms with Crippen molar-refractivity contribution in [3.05, 3.63) is 29.8 Å². The van der Waals surface area contributed by atoms with Crippen LogP contribution in [-0.4, -0.2) is 22.8 Å². The van der Waals surface area contributed by atoms with E-state index in [0.717, 1.165) is 0 Å². The van der Waals surface area contributed by atoms with Crippen molar-refractivity contribution in [2.75, 3.05) is 6.61 Å². The zero-order valence-electron chi connectivity index (χ0n) is 10.6. The number of rotatable bonds is 3. The van der Waals surface area contributed by atoms with Crippen molar-refractivity contribution in [1.82, 2.24) is 0 Å². The molecule has 0 fully saturated rings. The van der Waals surface area contributed by atoms with E-state index in [4.69, 9.17) is 4.74 Å². The molecule has 2 N–H and O–H groups in total.